The van der Waals surface area contributed by atoms with Crippen LogP contribution in [0.25, 0.3) is 0 Å². The number of sulfonamides is 1. The van der Waals surface area contributed by atoms with Gasteiger partial charge in [0.25, 0.3) is 0 Å². The first-order valence-corrected chi connectivity index (χ1v) is 13.4. The Bertz CT molecular complexity index is 1080. The maximum absolute atomic E-state index is 13.2. The van der Waals surface area contributed by atoms with Crippen LogP contribution in [0.3, 0.4) is 0 Å². The molecule has 0 radical (unpaired) electrons. The van der Waals surface area contributed by atoms with Gasteiger partial charge < -0.3 is 10.2 Å². The SMILES string of the molecule is Cc1ccc(CN(C(=O)CCCN(c2cccc(C)c2)S(C)(=O)=O)[C@@H](C)C(=O)NC(C)C)cc1. The lowest BCUT2D eigenvalue weighted by Crippen LogP contribution is -2.49. The molecule has 0 saturated carbocycles. The van der Waals surface area contributed by atoms with Crippen LogP contribution in [0.4, 0.5) is 5.69 Å². The van der Waals surface area contributed by atoms with E-state index in [0.29, 0.717) is 18.7 Å². The lowest BCUT2D eigenvalue weighted by Gasteiger charge is -2.30. The molecule has 2 aromatic carbocycles. The fourth-order valence-corrected chi connectivity index (χ4v) is 4.62. The van der Waals surface area contributed by atoms with E-state index >= 15 is 0 Å². The summed E-state index contributed by atoms with van der Waals surface area (Å²) in [5.41, 5.74) is 3.58. The van der Waals surface area contributed by atoms with Crippen LogP contribution in [-0.4, -0.2) is 50.0 Å². The minimum atomic E-state index is -3.50. The lowest BCUT2D eigenvalue weighted by atomic mass is 10.1. The van der Waals surface area contributed by atoms with Gasteiger partial charge in [0, 0.05) is 25.6 Å². The number of anilines is 1. The van der Waals surface area contributed by atoms with Crippen LogP contribution in [0, 0.1) is 13.8 Å². The third-order valence-corrected chi connectivity index (χ3v) is 6.71. The number of hydrogen-bond donors (Lipinski definition) is 1. The van der Waals surface area contributed by atoms with Gasteiger partial charge in [-0.05, 0) is 64.3 Å². The molecule has 0 bridgehead atoms. The molecule has 1 atom stereocenters. The molecule has 2 rings (SSSR count). The first-order chi connectivity index (χ1) is 15.9. The first-order valence-electron chi connectivity index (χ1n) is 11.6. The van der Waals surface area contributed by atoms with Crippen LogP contribution in [0.2, 0.25) is 0 Å². The van der Waals surface area contributed by atoms with E-state index in [4.69, 9.17) is 0 Å². The van der Waals surface area contributed by atoms with E-state index in [1.807, 2.05) is 70.2 Å². The molecule has 0 aliphatic carbocycles. The number of amides is 2. The molecule has 0 aliphatic rings. The zero-order valence-corrected chi connectivity index (χ0v) is 21.9. The van der Waals surface area contributed by atoms with Crippen molar-refractivity contribution in [3.05, 3.63) is 65.2 Å². The summed E-state index contributed by atoms with van der Waals surface area (Å²) in [6.45, 7) is 9.86. The Balaban J connectivity index is 2.16. The molecule has 7 nitrogen and oxygen atoms in total. The number of carbonyl (C=O) groups excluding carboxylic acids is 2. The summed E-state index contributed by atoms with van der Waals surface area (Å²) in [5.74, 6) is -0.405. The molecule has 34 heavy (non-hydrogen) atoms. The van der Waals surface area contributed by atoms with Crippen molar-refractivity contribution in [2.45, 2.75) is 66.1 Å². The van der Waals surface area contributed by atoms with E-state index in [-0.39, 0.29) is 30.8 Å². The summed E-state index contributed by atoms with van der Waals surface area (Å²) in [5, 5.41) is 2.87. The molecule has 186 valence electrons. The van der Waals surface area contributed by atoms with Crippen molar-refractivity contribution in [3.63, 3.8) is 0 Å². The van der Waals surface area contributed by atoms with Gasteiger partial charge >= 0.3 is 0 Å². The van der Waals surface area contributed by atoms with Gasteiger partial charge in [-0.2, -0.15) is 0 Å². The minimum absolute atomic E-state index is 0.0380. The van der Waals surface area contributed by atoms with E-state index in [1.54, 1.807) is 17.9 Å². The molecule has 1 N–H and O–H groups in total. The third kappa shape index (κ3) is 8.17. The fourth-order valence-electron chi connectivity index (χ4n) is 3.66. The summed E-state index contributed by atoms with van der Waals surface area (Å²) in [6.07, 6.45) is 1.63. The molecule has 0 saturated heterocycles. The monoisotopic (exact) mass is 487 g/mol. The van der Waals surface area contributed by atoms with E-state index in [0.717, 1.165) is 16.7 Å². The number of aryl methyl sites for hydroxylation is 2. The Hall–Kier alpha value is -2.87. The summed E-state index contributed by atoms with van der Waals surface area (Å²) in [6, 6.07) is 14.4. The zero-order chi connectivity index (χ0) is 25.5. The van der Waals surface area contributed by atoms with Gasteiger partial charge in [-0.25, -0.2) is 8.42 Å². The normalized spacial score (nSPS) is 12.3. The molecule has 2 aromatic rings. The second kappa shape index (κ2) is 12.0. The number of hydrogen-bond acceptors (Lipinski definition) is 4. The third-order valence-electron chi connectivity index (χ3n) is 5.51. The van der Waals surface area contributed by atoms with Crippen molar-refractivity contribution in [1.82, 2.24) is 10.2 Å². The Morgan fingerprint density at radius 2 is 1.62 bits per heavy atom. The molecule has 8 heteroatoms. The topological polar surface area (TPSA) is 86.8 Å². The molecular weight excluding hydrogens is 450 g/mol. The zero-order valence-electron chi connectivity index (χ0n) is 21.0. The van der Waals surface area contributed by atoms with Crippen LogP contribution in [0.1, 0.15) is 50.3 Å². The Labute approximate surface area is 204 Å². The minimum Gasteiger partial charge on any atom is -0.352 e. The Kier molecular flexibility index (Phi) is 9.67. The van der Waals surface area contributed by atoms with Crippen LogP contribution < -0.4 is 9.62 Å². The van der Waals surface area contributed by atoms with Crippen molar-refractivity contribution < 1.29 is 18.0 Å². The highest BCUT2D eigenvalue weighted by Crippen LogP contribution is 2.20. The van der Waals surface area contributed by atoms with Gasteiger partial charge in [0.15, 0.2) is 0 Å². The Morgan fingerprint density at radius 1 is 0.971 bits per heavy atom. The van der Waals surface area contributed by atoms with Crippen molar-refractivity contribution in [1.29, 1.82) is 0 Å². The van der Waals surface area contributed by atoms with Gasteiger partial charge in [-0.1, -0.05) is 42.0 Å². The largest absolute Gasteiger partial charge is 0.352 e. The highest BCUT2D eigenvalue weighted by molar-refractivity contribution is 7.92. The fraction of sp³-hybridized carbons (Fsp3) is 0.462. The molecular formula is C26H37N3O4S. The van der Waals surface area contributed by atoms with E-state index in [1.165, 1.54) is 10.6 Å². The smallest absolute Gasteiger partial charge is 0.242 e. The molecule has 0 aromatic heterocycles. The number of nitrogens with zero attached hydrogens (tertiary/aromatic N) is 2. The van der Waals surface area contributed by atoms with E-state index in [2.05, 4.69) is 5.32 Å². The summed E-state index contributed by atoms with van der Waals surface area (Å²) < 4.78 is 26.1. The quantitative estimate of drug-likeness (QED) is 0.522. The molecule has 0 unspecified atom stereocenters. The van der Waals surface area contributed by atoms with Crippen molar-refractivity contribution >= 4 is 27.5 Å². The molecule has 0 spiro atoms. The highest BCUT2D eigenvalue weighted by Gasteiger charge is 2.27. The van der Waals surface area contributed by atoms with Gasteiger partial charge in [-0.15, -0.1) is 0 Å². The van der Waals surface area contributed by atoms with Gasteiger partial charge in [-0.3, -0.25) is 13.9 Å². The molecule has 0 fully saturated rings. The average Bonchev–Trinajstić information content (AvgIpc) is 2.74. The lowest BCUT2D eigenvalue weighted by molar-refractivity contribution is -0.140. The van der Waals surface area contributed by atoms with Crippen molar-refractivity contribution in [3.8, 4) is 0 Å². The predicted molar refractivity (Wildman–Crippen MR) is 137 cm³/mol. The summed E-state index contributed by atoms with van der Waals surface area (Å²) >= 11 is 0. The van der Waals surface area contributed by atoms with Crippen molar-refractivity contribution in [2.24, 2.45) is 0 Å². The van der Waals surface area contributed by atoms with Crippen molar-refractivity contribution in [2.75, 3.05) is 17.1 Å². The van der Waals surface area contributed by atoms with Crippen LogP contribution in [0.15, 0.2) is 48.5 Å². The molecule has 0 heterocycles. The molecule has 2 amide bonds. The molecule has 0 aliphatic heterocycles. The van der Waals surface area contributed by atoms with E-state index < -0.39 is 16.1 Å². The second-order valence-electron chi connectivity index (χ2n) is 9.12. The Morgan fingerprint density at radius 3 is 2.18 bits per heavy atom. The predicted octanol–water partition coefficient (Wildman–Crippen LogP) is 3.79. The first kappa shape index (κ1) is 27.4. The van der Waals surface area contributed by atoms with Crippen LogP contribution in [-0.2, 0) is 26.2 Å². The second-order valence-corrected chi connectivity index (χ2v) is 11.0. The average molecular weight is 488 g/mol. The van der Waals surface area contributed by atoms with Gasteiger partial charge in [0.2, 0.25) is 21.8 Å². The summed E-state index contributed by atoms with van der Waals surface area (Å²) in [4.78, 5) is 27.5. The van der Waals surface area contributed by atoms with Crippen LogP contribution in [0.5, 0.6) is 0 Å². The van der Waals surface area contributed by atoms with Crippen LogP contribution >= 0.6 is 0 Å². The maximum atomic E-state index is 13.2. The van der Waals surface area contributed by atoms with Gasteiger partial charge in [0.1, 0.15) is 6.04 Å². The number of carbonyl (C=O) groups is 2. The summed E-state index contributed by atoms with van der Waals surface area (Å²) in [7, 11) is -3.50. The van der Waals surface area contributed by atoms with E-state index in [9.17, 15) is 18.0 Å². The highest BCUT2D eigenvalue weighted by atomic mass is 32.2. The number of nitrogens with one attached hydrogen (secondary N) is 1. The number of benzene rings is 2. The maximum Gasteiger partial charge on any atom is 0.242 e. The number of rotatable bonds is 11. The van der Waals surface area contributed by atoms with Gasteiger partial charge in [0.05, 0.1) is 11.9 Å². The standard InChI is InChI=1S/C26H37N3O4S/c1-19(2)27-26(31)22(5)28(18-23-14-12-20(3)13-15-23)25(30)11-8-16-29(34(6,32)33)24-10-7-9-21(4)17-24/h7,9-10,12-15,17,19,22H,8,11,16,18H2,1-6H3,(H,27,31)/t22-/m0/s1.